The third-order valence-corrected chi connectivity index (χ3v) is 1.59. The fraction of sp³-hybridized carbons (Fsp3) is 0.700. The van der Waals surface area contributed by atoms with Crippen molar-refractivity contribution in [2.75, 3.05) is 0 Å². The topological polar surface area (TPSA) is 17.1 Å². The molecule has 0 aromatic heterocycles. The van der Waals surface area contributed by atoms with E-state index in [9.17, 15) is 4.79 Å². The smallest absolute Gasteiger partial charge is 0.202 e. The summed E-state index contributed by atoms with van der Waals surface area (Å²) in [5.74, 6) is 0. The summed E-state index contributed by atoms with van der Waals surface area (Å²) < 4.78 is 0. The largest absolute Gasteiger partial charge is 0.291 e. The zero-order chi connectivity index (χ0) is 8.36. The first kappa shape index (κ1) is 10.4. The maximum atomic E-state index is 9.76. The standard InChI is InChI=1S/C10H17O/c1-2-3-4-5-6-7-8-9-10-11/h7-8H,2-6,9H2,1H3/b8-7+. The molecular weight excluding hydrogens is 136 g/mol. The van der Waals surface area contributed by atoms with Gasteiger partial charge in [-0.15, -0.1) is 0 Å². The number of rotatable bonds is 7. The lowest BCUT2D eigenvalue weighted by molar-refractivity contribution is 0.556. The Morgan fingerprint density at radius 3 is 2.64 bits per heavy atom. The molecule has 0 bridgehead atoms. The predicted octanol–water partition coefficient (Wildman–Crippen LogP) is 3.01. The van der Waals surface area contributed by atoms with Gasteiger partial charge in [0.05, 0.1) is 0 Å². The summed E-state index contributed by atoms with van der Waals surface area (Å²) in [5.41, 5.74) is 0. The minimum Gasteiger partial charge on any atom is -0.291 e. The van der Waals surface area contributed by atoms with Crippen molar-refractivity contribution in [2.45, 2.75) is 45.4 Å². The van der Waals surface area contributed by atoms with Crippen molar-refractivity contribution < 1.29 is 4.79 Å². The molecule has 11 heavy (non-hydrogen) atoms. The van der Waals surface area contributed by atoms with Gasteiger partial charge in [-0.1, -0.05) is 38.3 Å². The van der Waals surface area contributed by atoms with Gasteiger partial charge in [0, 0.05) is 6.42 Å². The van der Waals surface area contributed by atoms with Crippen LogP contribution in [0, 0.1) is 0 Å². The maximum absolute atomic E-state index is 9.76. The normalized spacial score (nSPS) is 10.6. The van der Waals surface area contributed by atoms with Gasteiger partial charge in [-0.25, -0.2) is 0 Å². The van der Waals surface area contributed by atoms with E-state index < -0.39 is 0 Å². The van der Waals surface area contributed by atoms with E-state index in [4.69, 9.17) is 0 Å². The van der Waals surface area contributed by atoms with Crippen molar-refractivity contribution in [3.63, 3.8) is 0 Å². The Kier molecular flexibility index (Phi) is 8.91. The van der Waals surface area contributed by atoms with Crippen molar-refractivity contribution in [3.05, 3.63) is 12.2 Å². The average molecular weight is 153 g/mol. The van der Waals surface area contributed by atoms with Crippen molar-refractivity contribution >= 4 is 6.29 Å². The van der Waals surface area contributed by atoms with E-state index in [1.54, 1.807) is 0 Å². The molecule has 1 nitrogen and oxygen atoms in total. The zero-order valence-electron chi connectivity index (χ0n) is 7.31. The second-order valence-corrected chi connectivity index (χ2v) is 2.67. The molecule has 0 aliphatic rings. The van der Waals surface area contributed by atoms with Gasteiger partial charge in [0.15, 0.2) is 0 Å². The van der Waals surface area contributed by atoms with E-state index in [-0.39, 0.29) is 0 Å². The van der Waals surface area contributed by atoms with Crippen LogP contribution in [0.3, 0.4) is 0 Å². The van der Waals surface area contributed by atoms with Crippen LogP contribution in [-0.4, -0.2) is 6.29 Å². The molecule has 0 aliphatic heterocycles. The average Bonchev–Trinajstić information content (AvgIpc) is 2.03. The fourth-order valence-corrected chi connectivity index (χ4v) is 0.938. The Morgan fingerprint density at radius 2 is 2.00 bits per heavy atom. The molecule has 0 saturated heterocycles. The molecule has 0 spiro atoms. The van der Waals surface area contributed by atoms with E-state index in [0.29, 0.717) is 6.42 Å². The molecule has 0 aliphatic carbocycles. The summed E-state index contributed by atoms with van der Waals surface area (Å²) in [6.07, 6.45) is 12.5. The lowest BCUT2D eigenvalue weighted by Crippen LogP contribution is -1.74. The second-order valence-electron chi connectivity index (χ2n) is 2.67. The minimum absolute atomic E-state index is 0.452. The first-order valence-electron chi connectivity index (χ1n) is 4.41. The molecule has 63 valence electrons. The highest BCUT2D eigenvalue weighted by Crippen LogP contribution is 2.02. The Hall–Kier alpha value is -0.590. The molecule has 0 heterocycles. The van der Waals surface area contributed by atoms with Crippen LogP contribution in [0.15, 0.2) is 12.2 Å². The molecular formula is C10H17O. The van der Waals surface area contributed by atoms with Crippen LogP contribution < -0.4 is 0 Å². The number of unbranched alkanes of at least 4 members (excludes halogenated alkanes) is 4. The summed E-state index contributed by atoms with van der Waals surface area (Å²) in [6, 6.07) is 0. The maximum Gasteiger partial charge on any atom is 0.202 e. The Labute approximate surface area is 69.5 Å². The molecule has 0 fully saturated rings. The van der Waals surface area contributed by atoms with Gasteiger partial charge < -0.3 is 0 Å². The molecule has 0 unspecified atom stereocenters. The molecule has 1 heteroatoms. The van der Waals surface area contributed by atoms with Crippen molar-refractivity contribution in [3.8, 4) is 0 Å². The molecule has 1 radical (unpaired) electrons. The van der Waals surface area contributed by atoms with Crippen molar-refractivity contribution in [2.24, 2.45) is 0 Å². The van der Waals surface area contributed by atoms with Crippen LogP contribution in [0.2, 0.25) is 0 Å². The second kappa shape index (κ2) is 9.41. The van der Waals surface area contributed by atoms with Gasteiger partial charge in [-0.3, -0.25) is 4.79 Å². The lowest BCUT2D eigenvalue weighted by Gasteiger charge is -1.92. The van der Waals surface area contributed by atoms with Gasteiger partial charge in [0.1, 0.15) is 0 Å². The summed E-state index contributed by atoms with van der Waals surface area (Å²) >= 11 is 0. The third-order valence-electron chi connectivity index (χ3n) is 1.59. The molecule has 0 saturated carbocycles. The zero-order valence-corrected chi connectivity index (χ0v) is 7.31. The Morgan fingerprint density at radius 1 is 1.18 bits per heavy atom. The summed E-state index contributed by atoms with van der Waals surface area (Å²) in [4.78, 5) is 9.76. The van der Waals surface area contributed by atoms with E-state index in [1.165, 1.54) is 25.7 Å². The van der Waals surface area contributed by atoms with Gasteiger partial charge in [-0.05, 0) is 12.8 Å². The van der Waals surface area contributed by atoms with Gasteiger partial charge in [0.25, 0.3) is 0 Å². The van der Waals surface area contributed by atoms with Gasteiger partial charge in [-0.2, -0.15) is 0 Å². The van der Waals surface area contributed by atoms with Crippen LogP contribution in [0.4, 0.5) is 0 Å². The lowest BCUT2D eigenvalue weighted by atomic mass is 10.1. The van der Waals surface area contributed by atoms with Crippen LogP contribution in [-0.2, 0) is 4.79 Å². The molecule has 0 atom stereocenters. The highest BCUT2D eigenvalue weighted by molar-refractivity contribution is 5.52. The quantitative estimate of drug-likeness (QED) is 0.406. The fourth-order valence-electron chi connectivity index (χ4n) is 0.938. The number of hydrogen-bond acceptors (Lipinski definition) is 1. The van der Waals surface area contributed by atoms with Gasteiger partial charge in [0.2, 0.25) is 6.29 Å². The highest BCUT2D eigenvalue weighted by atomic mass is 16.1. The minimum atomic E-state index is 0.452. The van der Waals surface area contributed by atoms with Crippen LogP contribution in [0.5, 0.6) is 0 Å². The SMILES string of the molecule is CCCCCC/C=C/C[C]=O. The highest BCUT2D eigenvalue weighted by Gasteiger charge is 1.83. The van der Waals surface area contributed by atoms with Crippen LogP contribution in [0.25, 0.3) is 0 Å². The monoisotopic (exact) mass is 153 g/mol. The molecule has 0 N–H and O–H groups in total. The molecule has 0 aromatic carbocycles. The van der Waals surface area contributed by atoms with Crippen LogP contribution >= 0.6 is 0 Å². The van der Waals surface area contributed by atoms with E-state index in [1.807, 2.05) is 12.4 Å². The Balaban J connectivity index is 2.94. The van der Waals surface area contributed by atoms with Crippen LogP contribution in [0.1, 0.15) is 45.4 Å². The Bertz CT molecular complexity index is 105. The van der Waals surface area contributed by atoms with E-state index in [0.717, 1.165) is 6.42 Å². The first-order valence-corrected chi connectivity index (χ1v) is 4.41. The van der Waals surface area contributed by atoms with E-state index in [2.05, 4.69) is 13.0 Å². The third kappa shape index (κ3) is 9.41. The summed E-state index contributed by atoms with van der Waals surface area (Å²) in [6.45, 7) is 2.21. The van der Waals surface area contributed by atoms with Crippen molar-refractivity contribution in [1.82, 2.24) is 0 Å². The predicted molar refractivity (Wildman–Crippen MR) is 48.2 cm³/mol. The molecule has 0 aromatic rings. The number of carbonyl (C=O) groups excluding carboxylic acids is 1. The number of allylic oxidation sites excluding steroid dienone is 2. The number of hydrogen-bond donors (Lipinski definition) is 0. The van der Waals surface area contributed by atoms with Crippen molar-refractivity contribution in [1.29, 1.82) is 0 Å². The molecule has 0 rings (SSSR count). The molecule has 0 amide bonds. The summed E-state index contributed by atoms with van der Waals surface area (Å²) in [7, 11) is 0. The van der Waals surface area contributed by atoms with Gasteiger partial charge >= 0.3 is 0 Å². The first-order chi connectivity index (χ1) is 5.41. The van der Waals surface area contributed by atoms with E-state index >= 15 is 0 Å². The summed E-state index contributed by atoms with van der Waals surface area (Å²) in [5, 5.41) is 0.